The molecule has 1 heterocycles. The quantitative estimate of drug-likeness (QED) is 0.486. The first-order chi connectivity index (χ1) is 12.6. The van der Waals surface area contributed by atoms with E-state index in [-0.39, 0.29) is 0 Å². The van der Waals surface area contributed by atoms with Crippen LogP contribution in [0.5, 0.6) is 0 Å². The summed E-state index contributed by atoms with van der Waals surface area (Å²) in [5.74, 6) is -1.17. The van der Waals surface area contributed by atoms with Gasteiger partial charge in [-0.25, -0.2) is 4.79 Å². The van der Waals surface area contributed by atoms with Crippen molar-refractivity contribution >= 4 is 12.1 Å². The monoisotopic (exact) mass is 374 g/mol. The fraction of sp³-hybridized carbons (Fsp3) is 0.579. The Hall–Kier alpha value is -2.73. The van der Waals surface area contributed by atoms with Crippen LogP contribution in [0, 0.1) is 6.92 Å². The highest BCUT2D eigenvalue weighted by Gasteiger charge is 2.47. The standard InChI is InChI=1S/C19H26N4O4/c1-13-5-7-14(8-6-13)19(15(16(24)25)21-22-20)9-11-23(12-10-19)17(26)27-18(2,3)4/h5-8,15H,9-12H2,1-4H3,(H,24,25)/t15-/m1/s1. The molecule has 1 aromatic rings. The molecule has 1 saturated heterocycles. The second kappa shape index (κ2) is 7.88. The number of benzene rings is 1. The molecule has 8 nitrogen and oxygen atoms in total. The summed E-state index contributed by atoms with van der Waals surface area (Å²) in [5, 5.41) is 13.3. The minimum absolute atomic E-state index is 0.327. The van der Waals surface area contributed by atoms with Crippen LogP contribution >= 0.6 is 0 Å². The van der Waals surface area contributed by atoms with Gasteiger partial charge in [0.25, 0.3) is 0 Å². The van der Waals surface area contributed by atoms with Crippen molar-refractivity contribution in [1.82, 2.24) is 4.90 Å². The van der Waals surface area contributed by atoms with Crippen LogP contribution in [0.25, 0.3) is 10.4 Å². The molecular weight excluding hydrogens is 348 g/mol. The number of likely N-dealkylation sites (tertiary alicyclic amines) is 1. The van der Waals surface area contributed by atoms with Crippen LogP contribution in [-0.2, 0) is 14.9 Å². The fourth-order valence-corrected chi connectivity index (χ4v) is 3.47. The van der Waals surface area contributed by atoms with Gasteiger partial charge in [0.1, 0.15) is 11.6 Å². The number of nitrogens with zero attached hydrogens (tertiary/aromatic N) is 4. The molecule has 1 amide bonds. The maximum Gasteiger partial charge on any atom is 0.410 e. The third kappa shape index (κ3) is 4.71. The molecule has 0 spiro atoms. The molecule has 27 heavy (non-hydrogen) atoms. The smallest absolute Gasteiger partial charge is 0.410 e. The summed E-state index contributed by atoms with van der Waals surface area (Å²) in [7, 11) is 0. The molecule has 1 atom stereocenters. The Morgan fingerprint density at radius 3 is 2.26 bits per heavy atom. The number of carbonyl (C=O) groups is 2. The van der Waals surface area contributed by atoms with E-state index >= 15 is 0 Å². The predicted molar refractivity (Wildman–Crippen MR) is 100 cm³/mol. The molecule has 146 valence electrons. The number of aliphatic carboxylic acids is 1. The lowest BCUT2D eigenvalue weighted by atomic mass is 9.67. The number of carboxylic acid groups (broad SMARTS) is 1. The first-order valence-corrected chi connectivity index (χ1v) is 8.91. The molecule has 1 aliphatic heterocycles. The van der Waals surface area contributed by atoms with Crippen molar-refractivity contribution in [3.05, 3.63) is 45.8 Å². The van der Waals surface area contributed by atoms with Crippen LogP contribution in [0.15, 0.2) is 29.4 Å². The lowest BCUT2D eigenvalue weighted by Gasteiger charge is -2.44. The van der Waals surface area contributed by atoms with Crippen molar-refractivity contribution in [2.24, 2.45) is 5.11 Å². The van der Waals surface area contributed by atoms with Gasteiger partial charge < -0.3 is 14.7 Å². The van der Waals surface area contributed by atoms with Crippen LogP contribution in [-0.4, -0.2) is 46.8 Å². The number of carbonyl (C=O) groups excluding carboxylic acids is 1. The number of hydrogen-bond acceptors (Lipinski definition) is 4. The first-order valence-electron chi connectivity index (χ1n) is 8.91. The fourth-order valence-electron chi connectivity index (χ4n) is 3.47. The molecule has 2 rings (SSSR count). The summed E-state index contributed by atoms with van der Waals surface area (Å²) in [6.07, 6.45) is 0.312. The van der Waals surface area contributed by atoms with Crippen molar-refractivity contribution in [2.75, 3.05) is 13.1 Å². The number of hydrogen-bond donors (Lipinski definition) is 1. The molecule has 1 aliphatic rings. The molecular formula is C19H26N4O4. The van der Waals surface area contributed by atoms with Gasteiger partial charge in [0.2, 0.25) is 0 Å². The summed E-state index contributed by atoms with van der Waals surface area (Å²) in [6.45, 7) is 8.00. The second-order valence-electron chi connectivity index (χ2n) is 7.94. The van der Waals surface area contributed by atoms with Gasteiger partial charge in [-0.2, -0.15) is 0 Å². The van der Waals surface area contributed by atoms with Crippen LogP contribution in [0.4, 0.5) is 4.79 Å². The highest BCUT2D eigenvalue weighted by atomic mass is 16.6. The number of ether oxygens (including phenoxy) is 1. The van der Waals surface area contributed by atoms with Gasteiger partial charge in [-0.15, -0.1) is 0 Å². The number of amides is 1. The Morgan fingerprint density at radius 1 is 1.26 bits per heavy atom. The van der Waals surface area contributed by atoms with Crippen molar-refractivity contribution < 1.29 is 19.4 Å². The zero-order valence-corrected chi connectivity index (χ0v) is 16.2. The van der Waals surface area contributed by atoms with Gasteiger partial charge >= 0.3 is 12.1 Å². The molecule has 0 saturated carbocycles. The molecule has 1 fully saturated rings. The summed E-state index contributed by atoms with van der Waals surface area (Å²) < 4.78 is 5.41. The van der Waals surface area contributed by atoms with Crippen molar-refractivity contribution in [2.45, 2.75) is 57.6 Å². The Kier molecular flexibility index (Phi) is 6.01. The Labute approximate surface area is 158 Å². The molecule has 1 N–H and O–H groups in total. The molecule has 1 aromatic carbocycles. The van der Waals surface area contributed by atoms with Crippen molar-refractivity contribution in [3.8, 4) is 0 Å². The molecule has 0 aliphatic carbocycles. The Balaban J connectivity index is 2.34. The topological polar surface area (TPSA) is 116 Å². The maximum absolute atomic E-state index is 12.3. The van der Waals surface area contributed by atoms with Gasteiger partial charge in [0.15, 0.2) is 0 Å². The van der Waals surface area contributed by atoms with Gasteiger partial charge in [0.05, 0.1) is 0 Å². The first kappa shape index (κ1) is 20.6. The van der Waals surface area contributed by atoms with Crippen LogP contribution in [0.1, 0.15) is 44.7 Å². The lowest BCUT2D eigenvalue weighted by molar-refractivity contribution is -0.141. The summed E-state index contributed by atoms with van der Waals surface area (Å²) in [6, 6.07) is 6.33. The van der Waals surface area contributed by atoms with Gasteiger partial charge in [-0.05, 0) is 51.6 Å². The number of aryl methyl sites for hydroxylation is 1. The predicted octanol–water partition coefficient (Wildman–Crippen LogP) is 4.03. The van der Waals surface area contributed by atoms with Gasteiger partial charge in [0, 0.05) is 23.4 Å². The summed E-state index contributed by atoms with van der Waals surface area (Å²) in [4.78, 5) is 28.5. The van der Waals surface area contributed by atoms with E-state index in [1.165, 1.54) is 0 Å². The van der Waals surface area contributed by atoms with Crippen molar-refractivity contribution in [1.29, 1.82) is 0 Å². The zero-order valence-electron chi connectivity index (χ0n) is 16.2. The molecule has 0 aromatic heterocycles. The second-order valence-corrected chi connectivity index (χ2v) is 7.94. The lowest BCUT2D eigenvalue weighted by Crippen LogP contribution is -2.53. The van der Waals surface area contributed by atoms with Crippen LogP contribution in [0.3, 0.4) is 0 Å². The third-order valence-corrected chi connectivity index (χ3v) is 4.86. The molecule has 0 radical (unpaired) electrons. The van der Waals surface area contributed by atoms with E-state index in [1.54, 1.807) is 25.7 Å². The van der Waals surface area contributed by atoms with E-state index in [0.29, 0.717) is 25.9 Å². The normalized spacial score (nSPS) is 17.6. The van der Waals surface area contributed by atoms with E-state index in [2.05, 4.69) is 10.0 Å². The SMILES string of the molecule is Cc1ccc(C2([C@H](N=[N+]=[N-])C(=O)O)CCN(C(=O)OC(C)(C)C)CC2)cc1. The zero-order chi connectivity index (χ0) is 20.2. The van der Waals surface area contributed by atoms with E-state index in [9.17, 15) is 14.7 Å². The molecule has 8 heteroatoms. The average molecular weight is 374 g/mol. The summed E-state index contributed by atoms with van der Waals surface area (Å²) >= 11 is 0. The highest BCUT2D eigenvalue weighted by molar-refractivity contribution is 5.77. The Morgan fingerprint density at radius 2 is 1.81 bits per heavy atom. The van der Waals surface area contributed by atoms with E-state index in [1.807, 2.05) is 31.2 Å². The Bertz CT molecular complexity index is 738. The van der Waals surface area contributed by atoms with Crippen molar-refractivity contribution in [3.63, 3.8) is 0 Å². The minimum atomic E-state index is -1.24. The maximum atomic E-state index is 12.3. The van der Waals surface area contributed by atoms with E-state index < -0.39 is 29.1 Å². The molecule has 0 unspecified atom stereocenters. The van der Waals surface area contributed by atoms with Gasteiger partial charge in [-0.3, -0.25) is 4.79 Å². The minimum Gasteiger partial charge on any atom is -0.481 e. The summed E-state index contributed by atoms with van der Waals surface area (Å²) in [5.41, 5.74) is 9.28. The van der Waals surface area contributed by atoms with E-state index in [4.69, 9.17) is 10.3 Å². The number of carboxylic acids is 1. The largest absolute Gasteiger partial charge is 0.481 e. The highest BCUT2D eigenvalue weighted by Crippen LogP contribution is 2.41. The average Bonchev–Trinajstić information content (AvgIpc) is 2.58. The third-order valence-electron chi connectivity index (χ3n) is 4.86. The molecule has 0 bridgehead atoms. The van der Waals surface area contributed by atoms with E-state index in [0.717, 1.165) is 11.1 Å². The number of piperidine rings is 1. The number of rotatable bonds is 4. The number of azide groups is 1. The van der Waals surface area contributed by atoms with Crippen LogP contribution < -0.4 is 0 Å². The van der Waals surface area contributed by atoms with Gasteiger partial charge in [-0.1, -0.05) is 34.9 Å². The van der Waals surface area contributed by atoms with Crippen LogP contribution in [0.2, 0.25) is 0 Å².